The van der Waals surface area contributed by atoms with Gasteiger partial charge in [0, 0.05) is 16.0 Å². The molecule has 9 heteroatoms. The van der Waals surface area contributed by atoms with E-state index in [1.807, 2.05) is 0 Å². The number of halogens is 1. The van der Waals surface area contributed by atoms with Crippen LogP contribution in [-0.4, -0.2) is 26.0 Å². The second kappa shape index (κ2) is 9.42. The Hall–Kier alpha value is -2.68. The van der Waals surface area contributed by atoms with Gasteiger partial charge in [0.05, 0.1) is 17.9 Å². The van der Waals surface area contributed by atoms with Crippen LogP contribution in [0.25, 0.3) is 11.3 Å². The Bertz CT molecular complexity index is 1160. The Morgan fingerprint density at radius 3 is 2.63 bits per heavy atom. The van der Waals surface area contributed by atoms with Gasteiger partial charge in [0.15, 0.2) is 5.13 Å². The van der Waals surface area contributed by atoms with Crippen molar-refractivity contribution in [1.29, 1.82) is 0 Å². The number of ether oxygens (including phenoxy) is 1. The minimum Gasteiger partial charge on any atom is -0.462 e. The lowest BCUT2D eigenvalue weighted by molar-refractivity contribution is 0.0527. The number of thiazole rings is 1. The van der Waals surface area contributed by atoms with Crippen LogP contribution < -0.4 is 4.72 Å². The maximum atomic E-state index is 12.9. The largest absolute Gasteiger partial charge is 0.462 e. The first kappa shape index (κ1) is 22.0. The van der Waals surface area contributed by atoms with Crippen LogP contribution in [-0.2, 0) is 14.8 Å². The van der Waals surface area contributed by atoms with Crippen molar-refractivity contribution in [1.82, 2.24) is 4.98 Å². The van der Waals surface area contributed by atoms with Crippen molar-refractivity contribution in [3.8, 4) is 11.3 Å². The van der Waals surface area contributed by atoms with Crippen LogP contribution in [0.4, 0.5) is 5.13 Å². The highest BCUT2D eigenvalue weighted by Crippen LogP contribution is 2.31. The number of carbonyl (C=O) groups excluding carboxylic acids is 1. The minimum atomic E-state index is -3.85. The van der Waals surface area contributed by atoms with Crippen LogP contribution in [0, 0.1) is 0 Å². The summed E-state index contributed by atoms with van der Waals surface area (Å²) in [5, 5.41) is 1.40. The maximum Gasteiger partial charge on any atom is 0.338 e. The summed E-state index contributed by atoms with van der Waals surface area (Å²) in [6.45, 7) is 5.63. The van der Waals surface area contributed by atoms with Crippen LogP contribution in [0.3, 0.4) is 0 Å². The molecule has 0 amide bonds. The zero-order valence-electron chi connectivity index (χ0n) is 16.0. The van der Waals surface area contributed by atoms with E-state index in [0.29, 0.717) is 27.4 Å². The molecule has 1 atom stereocenters. The summed E-state index contributed by atoms with van der Waals surface area (Å²) in [4.78, 5) is 16.6. The molecule has 1 heterocycles. The quantitative estimate of drug-likeness (QED) is 0.362. The zero-order valence-corrected chi connectivity index (χ0v) is 18.4. The average Bonchev–Trinajstić information content (AvgIpc) is 3.17. The monoisotopic (exact) mass is 462 g/mol. The maximum absolute atomic E-state index is 12.9. The van der Waals surface area contributed by atoms with Gasteiger partial charge >= 0.3 is 5.97 Å². The second-order valence-corrected chi connectivity index (χ2v) is 9.26. The first-order valence-corrected chi connectivity index (χ1v) is 11.8. The Morgan fingerprint density at radius 2 is 1.97 bits per heavy atom. The molecule has 0 aliphatic heterocycles. The molecule has 0 bridgehead atoms. The van der Waals surface area contributed by atoms with Crippen molar-refractivity contribution in [2.45, 2.75) is 12.2 Å². The summed E-state index contributed by atoms with van der Waals surface area (Å²) in [7, 11) is -3.85. The van der Waals surface area contributed by atoms with Gasteiger partial charge in [0.1, 0.15) is 5.25 Å². The van der Waals surface area contributed by atoms with Gasteiger partial charge in [-0.1, -0.05) is 48.0 Å². The van der Waals surface area contributed by atoms with E-state index in [0.717, 1.165) is 11.3 Å². The highest BCUT2D eigenvalue weighted by molar-refractivity contribution is 7.93. The first-order valence-electron chi connectivity index (χ1n) is 8.97. The smallest absolute Gasteiger partial charge is 0.338 e. The number of hydrogen-bond donors (Lipinski definition) is 1. The summed E-state index contributed by atoms with van der Waals surface area (Å²) >= 11 is 7.01. The van der Waals surface area contributed by atoms with Gasteiger partial charge in [0.25, 0.3) is 0 Å². The van der Waals surface area contributed by atoms with Crippen molar-refractivity contribution >= 4 is 44.1 Å². The molecular weight excluding hydrogens is 444 g/mol. The Balaban J connectivity index is 1.87. The molecule has 156 valence electrons. The minimum absolute atomic E-state index is 0.185. The van der Waals surface area contributed by atoms with Crippen LogP contribution >= 0.6 is 22.9 Å². The van der Waals surface area contributed by atoms with Crippen molar-refractivity contribution in [2.24, 2.45) is 0 Å². The molecule has 2 aromatic carbocycles. The van der Waals surface area contributed by atoms with Gasteiger partial charge in [-0.05, 0) is 30.7 Å². The molecule has 6 nitrogen and oxygen atoms in total. The number of esters is 1. The van der Waals surface area contributed by atoms with Crippen molar-refractivity contribution in [3.63, 3.8) is 0 Å². The van der Waals surface area contributed by atoms with Gasteiger partial charge in [-0.3, -0.25) is 4.72 Å². The predicted molar refractivity (Wildman–Crippen MR) is 120 cm³/mol. The van der Waals surface area contributed by atoms with E-state index in [1.165, 1.54) is 6.08 Å². The third-order valence-corrected chi connectivity index (χ3v) is 6.93. The molecule has 0 aliphatic rings. The van der Waals surface area contributed by atoms with Gasteiger partial charge in [-0.25, -0.2) is 18.2 Å². The van der Waals surface area contributed by atoms with E-state index in [4.69, 9.17) is 16.3 Å². The molecule has 3 rings (SSSR count). The summed E-state index contributed by atoms with van der Waals surface area (Å²) in [6.07, 6.45) is 1.34. The van der Waals surface area contributed by atoms with Gasteiger partial charge < -0.3 is 4.74 Å². The highest BCUT2D eigenvalue weighted by atomic mass is 35.5. The molecule has 0 saturated carbocycles. The number of nitrogens with one attached hydrogen (secondary N) is 1. The highest BCUT2D eigenvalue weighted by Gasteiger charge is 2.26. The SMILES string of the molecule is C=CC(c1ccc(Cl)cc1)S(=O)(=O)Nc1nc(-c2ccccc2C(=O)OCC)cs1. The molecule has 0 aliphatic carbocycles. The summed E-state index contributed by atoms with van der Waals surface area (Å²) < 4.78 is 33.4. The number of carbonyl (C=O) groups is 1. The number of benzene rings is 2. The average molecular weight is 463 g/mol. The van der Waals surface area contributed by atoms with Crippen LogP contribution in [0.15, 0.2) is 66.6 Å². The van der Waals surface area contributed by atoms with Gasteiger partial charge in [-0.2, -0.15) is 0 Å². The van der Waals surface area contributed by atoms with Crippen LogP contribution in [0.1, 0.15) is 28.1 Å². The third-order valence-electron chi connectivity index (χ3n) is 4.18. The number of hydrogen-bond acceptors (Lipinski definition) is 6. The molecule has 30 heavy (non-hydrogen) atoms. The van der Waals surface area contributed by atoms with E-state index in [9.17, 15) is 13.2 Å². The molecule has 1 N–H and O–H groups in total. The van der Waals surface area contributed by atoms with E-state index in [-0.39, 0.29) is 11.7 Å². The summed E-state index contributed by atoms with van der Waals surface area (Å²) in [6, 6.07) is 13.4. The fourth-order valence-corrected chi connectivity index (χ4v) is 5.22. The molecule has 3 aromatic rings. The van der Waals surface area contributed by atoms with E-state index in [1.54, 1.807) is 60.8 Å². The lowest BCUT2D eigenvalue weighted by Gasteiger charge is -2.14. The number of anilines is 1. The molecule has 0 fully saturated rings. The van der Waals surface area contributed by atoms with Crippen molar-refractivity contribution in [3.05, 3.63) is 82.7 Å². The lowest BCUT2D eigenvalue weighted by Crippen LogP contribution is -2.20. The summed E-state index contributed by atoms with van der Waals surface area (Å²) in [5.41, 5.74) is 1.94. The number of rotatable bonds is 8. The van der Waals surface area contributed by atoms with Gasteiger partial charge in [-0.15, -0.1) is 17.9 Å². The molecule has 0 spiro atoms. The van der Waals surface area contributed by atoms with Crippen LogP contribution in [0.2, 0.25) is 5.02 Å². The standard InChI is InChI=1S/C21H19ClN2O4S2/c1-3-19(14-9-11-15(22)12-10-14)30(26,27)24-21-23-18(13-29-21)16-7-5-6-8-17(16)20(25)28-4-2/h3,5-13,19H,1,4H2,2H3,(H,23,24). The van der Waals surface area contributed by atoms with E-state index < -0.39 is 21.2 Å². The first-order chi connectivity index (χ1) is 14.4. The molecular formula is C21H19ClN2O4S2. The summed E-state index contributed by atoms with van der Waals surface area (Å²) in [5.74, 6) is -0.460. The molecule has 1 aromatic heterocycles. The fraction of sp³-hybridized carbons (Fsp3) is 0.143. The van der Waals surface area contributed by atoms with Crippen molar-refractivity contribution < 1.29 is 17.9 Å². The molecule has 0 saturated heterocycles. The number of nitrogens with zero attached hydrogens (tertiary/aromatic N) is 1. The second-order valence-electron chi connectivity index (χ2n) is 6.16. The lowest BCUT2D eigenvalue weighted by atomic mass is 10.1. The van der Waals surface area contributed by atoms with Crippen LogP contribution in [0.5, 0.6) is 0 Å². The normalized spacial score (nSPS) is 12.2. The number of sulfonamides is 1. The van der Waals surface area contributed by atoms with E-state index >= 15 is 0 Å². The Labute approximate surface area is 184 Å². The molecule has 1 unspecified atom stereocenters. The Kier molecular flexibility index (Phi) is 6.91. The molecule has 0 radical (unpaired) electrons. The third kappa shape index (κ3) is 4.89. The Morgan fingerprint density at radius 1 is 1.27 bits per heavy atom. The fourth-order valence-electron chi connectivity index (χ4n) is 2.82. The number of aromatic nitrogens is 1. The topological polar surface area (TPSA) is 85.4 Å². The van der Waals surface area contributed by atoms with E-state index in [2.05, 4.69) is 16.3 Å². The zero-order chi connectivity index (χ0) is 21.7. The predicted octanol–water partition coefficient (Wildman–Crippen LogP) is 5.31. The van der Waals surface area contributed by atoms with Crippen molar-refractivity contribution in [2.75, 3.05) is 11.3 Å². The van der Waals surface area contributed by atoms with Gasteiger partial charge in [0.2, 0.25) is 10.0 Å².